The van der Waals surface area contributed by atoms with Crippen LogP contribution in [0.4, 0.5) is 13.2 Å². The zero-order valence-electron chi connectivity index (χ0n) is 16.8. The fraction of sp³-hybridized carbons (Fsp3) is 0.350. The number of halogens is 3. The number of fused-ring (bicyclic) bond motifs is 1. The molecule has 0 saturated carbocycles. The molecule has 3 N–H and O–H groups in total. The van der Waals surface area contributed by atoms with Crippen molar-refractivity contribution in [1.29, 1.82) is 5.41 Å². The molecule has 164 valence electrons. The van der Waals surface area contributed by atoms with Crippen molar-refractivity contribution in [2.24, 2.45) is 21.6 Å². The Balaban J connectivity index is 1.81. The van der Waals surface area contributed by atoms with Gasteiger partial charge in [0.25, 0.3) is 0 Å². The fourth-order valence-electron chi connectivity index (χ4n) is 3.46. The van der Waals surface area contributed by atoms with Gasteiger partial charge in [0.1, 0.15) is 5.84 Å². The second-order valence-electron chi connectivity index (χ2n) is 7.11. The molecule has 3 rings (SSSR count). The number of rotatable bonds is 7. The van der Waals surface area contributed by atoms with Crippen molar-refractivity contribution < 1.29 is 13.2 Å². The van der Waals surface area contributed by atoms with Crippen molar-refractivity contribution in [1.82, 2.24) is 19.3 Å². The van der Waals surface area contributed by atoms with Crippen molar-refractivity contribution >= 4 is 24.4 Å². The summed E-state index contributed by atoms with van der Waals surface area (Å²) in [6, 6.07) is 0. The number of allylic oxidation sites excluding steroid dienone is 1. The number of likely N-dealkylation sites (tertiary alicyclic amines) is 1. The molecular formula is C20H23F3N8. The first kappa shape index (κ1) is 22.2. The minimum Gasteiger partial charge on any atom is -0.404 e. The topological polar surface area (TPSA) is 108 Å². The lowest BCUT2D eigenvalue weighted by Crippen LogP contribution is -2.27. The molecule has 0 amide bonds. The number of alkyl halides is 3. The third-order valence-corrected chi connectivity index (χ3v) is 5.03. The van der Waals surface area contributed by atoms with Crippen LogP contribution in [0.25, 0.3) is 5.65 Å². The van der Waals surface area contributed by atoms with Gasteiger partial charge in [-0.3, -0.25) is 14.4 Å². The highest BCUT2D eigenvalue weighted by Gasteiger charge is 2.33. The Morgan fingerprint density at radius 3 is 2.84 bits per heavy atom. The Kier molecular flexibility index (Phi) is 6.83. The molecule has 0 radical (unpaired) electrons. The molecule has 2 aromatic heterocycles. The van der Waals surface area contributed by atoms with Gasteiger partial charge in [0.2, 0.25) is 0 Å². The van der Waals surface area contributed by atoms with Crippen molar-refractivity contribution in [2.45, 2.75) is 25.6 Å². The van der Waals surface area contributed by atoms with Crippen LogP contribution in [0.1, 0.15) is 24.2 Å². The van der Waals surface area contributed by atoms with Gasteiger partial charge in [-0.15, -0.1) is 0 Å². The molecule has 3 heterocycles. The average Bonchev–Trinajstić information content (AvgIpc) is 3.38. The van der Waals surface area contributed by atoms with Crippen LogP contribution in [-0.2, 0) is 12.7 Å². The molecule has 31 heavy (non-hydrogen) atoms. The summed E-state index contributed by atoms with van der Waals surface area (Å²) < 4.78 is 40.4. The van der Waals surface area contributed by atoms with E-state index in [-0.39, 0.29) is 6.54 Å². The molecule has 8 nitrogen and oxygen atoms in total. The van der Waals surface area contributed by atoms with Gasteiger partial charge in [0, 0.05) is 31.7 Å². The van der Waals surface area contributed by atoms with E-state index in [2.05, 4.69) is 31.6 Å². The molecule has 2 aromatic rings. The molecule has 1 fully saturated rings. The second kappa shape index (κ2) is 9.54. The largest absolute Gasteiger partial charge is 0.434 e. The van der Waals surface area contributed by atoms with Crippen molar-refractivity contribution in [2.75, 3.05) is 13.1 Å². The van der Waals surface area contributed by atoms with E-state index in [0.717, 1.165) is 37.5 Å². The Labute approximate surface area is 177 Å². The summed E-state index contributed by atoms with van der Waals surface area (Å²) in [6.07, 6.45) is 6.53. The van der Waals surface area contributed by atoms with Gasteiger partial charge < -0.3 is 16.0 Å². The van der Waals surface area contributed by atoms with E-state index in [4.69, 9.17) is 11.1 Å². The van der Waals surface area contributed by atoms with E-state index in [1.807, 2.05) is 0 Å². The van der Waals surface area contributed by atoms with E-state index in [1.165, 1.54) is 29.2 Å². The zero-order valence-corrected chi connectivity index (χ0v) is 16.8. The van der Waals surface area contributed by atoms with Gasteiger partial charge in [0.05, 0.1) is 24.6 Å². The SMILES string of the molecule is C=N/C=C\C(=N/Cc1cnc2cnc(C(F)(F)F)cn12)N1CCC(C/C(C=N)=C/N)C1. The van der Waals surface area contributed by atoms with Crippen LogP contribution in [-0.4, -0.2) is 51.1 Å². The van der Waals surface area contributed by atoms with Crippen LogP contribution in [0.15, 0.2) is 52.6 Å². The van der Waals surface area contributed by atoms with Gasteiger partial charge in [-0.2, -0.15) is 13.2 Å². The first-order chi connectivity index (χ1) is 14.9. The summed E-state index contributed by atoms with van der Waals surface area (Å²) in [5.74, 6) is 0.978. The maximum absolute atomic E-state index is 13.0. The third kappa shape index (κ3) is 5.36. The Bertz CT molecular complexity index is 1030. The lowest BCUT2D eigenvalue weighted by molar-refractivity contribution is -0.141. The molecule has 1 unspecified atom stereocenters. The van der Waals surface area contributed by atoms with Crippen molar-refractivity contribution in [3.8, 4) is 0 Å². The predicted octanol–water partition coefficient (Wildman–Crippen LogP) is 3.07. The highest BCUT2D eigenvalue weighted by molar-refractivity contribution is 5.93. The maximum atomic E-state index is 13.0. The Hall–Kier alpha value is -3.50. The second-order valence-corrected chi connectivity index (χ2v) is 7.11. The average molecular weight is 432 g/mol. The van der Waals surface area contributed by atoms with E-state index < -0.39 is 11.9 Å². The number of hydrogen-bond acceptors (Lipinski definition) is 6. The molecular weight excluding hydrogens is 409 g/mol. The highest BCUT2D eigenvalue weighted by atomic mass is 19.4. The van der Waals surface area contributed by atoms with E-state index in [0.29, 0.717) is 29.5 Å². The molecule has 0 aromatic carbocycles. The molecule has 0 spiro atoms. The van der Waals surface area contributed by atoms with Crippen LogP contribution in [0.2, 0.25) is 0 Å². The number of nitrogens with zero attached hydrogens (tertiary/aromatic N) is 6. The van der Waals surface area contributed by atoms with Gasteiger partial charge in [-0.25, -0.2) is 9.97 Å². The van der Waals surface area contributed by atoms with E-state index in [1.54, 1.807) is 6.08 Å². The minimum atomic E-state index is -4.54. The van der Waals surface area contributed by atoms with Gasteiger partial charge in [-0.1, -0.05) is 0 Å². The molecule has 0 bridgehead atoms. The number of aliphatic imine (C=N–C) groups is 2. The molecule has 1 aliphatic heterocycles. The molecule has 1 saturated heterocycles. The highest BCUT2D eigenvalue weighted by Crippen LogP contribution is 2.28. The summed E-state index contributed by atoms with van der Waals surface area (Å²) >= 11 is 0. The zero-order chi connectivity index (χ0) is 22.4. The lowest BCUT2D eigenvalue weighted by atomic mass is 10.00. The first-order valence-electron chi connectivity index (χ1n) is 9.58. The number of nitrogens with two attached hydrogens (primary N) is 1. The number of imidazole rings is 1. The van der Waals surface area contributed by atoms with Crippen LogP contribution >= 0.6 is 0 Å². The molecule has 11 heteroatoms. The number of amidine groups is 1. The minimum absolute atomic E-state index is 0.134. The van der Waals surface area contributed by atoms with Crippen LogP contribution in [0.5, 0.6) is 0 Å². The summed E-state index contributed by atoms with van der Waals surface area (Å²) in [7, 11) is 0. The number of aromatic nitrogens is 3. The van der Waals surface area contributed by atoms with Crippen molar-refractivity contribution in [3.05, 3.63) is 54.0 Å². The Morgan fingerprint density at radius 2 is 2.16 bits per heavy atom. The summed E-state index contributed by atoms with van der Waals surface area (Å²) in [4.78, 5) is 17.9. The van der Waals surface area contributed by atoms with Crippen LogP contribution in [0, 0.1) is 11.3 Å². The van der Waals surface area contributed by atoms with E-state index in [9.17, 15) is 13.2 Å². The maximum Gasteiger partial charge on any atom is 0.434 e. The fourth-order valence-corrected chi connectivity index (χ4v) is 3.46. The quantitative estimate of drug-likeness (QED) is 0.518. The predicted molar refractivity (Wildman–Crippen MR) is 113 cm³/mol. The van der Waals surface area contributed by atoms with Crippen molar-refractivity contribution in [3.63, 3.8) is 0 Å². The molecule has 1 aliphatic rings. The normalized spacial score (nSPS) is 18.3. The molecule has 0 aliphatic carbocycles. The van der Waals surface area contributed by atoms with Gasteiger partial charge in [0.15, 0.2) is 11.3 Å². The number of hydrogen-bond donors (Lipinski definition) is 2. The van der Waals surface area contributed by atoms with Crippen LogP contribution in [0.3, 0.4) is 0 Å². The van der Waals surface area contributed by atoms with Gasteiger partial charge in [-0.05, 0) is 43.3 Å². The third-order valence-electron chi connectivity index (χ3n) is 5.03. The summed E-state index contributed by atoms with van der Waals surface area (Å²) in [5, 5.41) is 7.39. The van der Waals surface area contributed by atoms with Crippen LogP contribution < -0.4 is 5.73 Å². The summed E-state index contributed by atoms with van der Waals surface area (Å²) in [6.45, 7) is 5.05. The first-order valence-corrected chi connectivity index (χ1v) is 9.58. The number of nitrogens with one attached hydrogen (secondary N) is 1. The van der Waals surface area contributed by atoms with E-state index >= 15 is 0 Å². The standard InChI is InChI=1S/C20H23F3N8/c1-26-4-2-18(30-5-3-14(12-30)6-15(7-24)8-25)28-9-16-10-29-19-11-27-17(13-31(16)19)20(21,22)23/h2,4,7-8,10-11,13-14,24H,1,3,5-6,9,12,25H2/b4-2-,15-8-,24-7?,28-18+. The Morgan fingerprint density at radius 1 is 1.35 bits per heavy atom. The summed E-state index contributed by atoms with van der Waals surface area (Å²) in [5.41, 5.74) is 6.15. The van der Waals surface area contributed by atoms with Gasteiger partial charge >= 0.3 is 6.18 Å². The smallest absolute Gasteiger partial charge is 0.404 e. The molecule has 1 atom stereocenters. The monoisotopic (exact) mass is 432 g/mol. The lowest BCUT2D eigenvalue weighted by Gasteiger charge is -2.19.